The zero-order valence-corrected chi connectivity index (χ0v) is 12.3. The Balaban J connectivity index is 2.23. The Bertz CT molecular complexity index is 790. The SMILES string of the molecule is CC(=O)Nc1nnc(S(=O)(=O)Nc2ccc(N)c(F)c2)s1. The van der Waals surface area contributed by atoms with E-state index in [-0.39, 0.29) is 20.8 Å². The number of hydrogen-bond donors (Lipinski definition) is 3. The van der Waals surface area contributed by atoms with Crippen LogP contribution in [-0.2, 0) is 14.8 Å². The van der Waals surface area contributed by atoms with Crippen LogP contribution >= 0.6 is 11.3 Å². The fraction of sp³-hybridized carbons (Fsp3) is 0.100. The monoisotopic (exact) mass is 331 g/mol. The van der Waals surface area contributed by atoms with Gasteiger partial charge in [-0.3, -0.25) is 9.52 Å². The van der Waals surface area contributed by atoms with Crippen LogP contribution in [0.1, 0.15) is 6.92 Å². The van der Waals surface area contributed by atoms with Crippen molar-refractivity contribution in [2.75, 3.05) is 15.8 Å². The van der Waals surface area contributed by atoms with Crippen molar-refractivity contribution in [1.82, 2.24) is 10.2 Å². The van der Waals surface area contributed by atoms with Crippen molar-refractivity contribution in [1.29, 1.82) is 0 Å². The van der Waals surface area contributed by atoms with Gasteiger partial charge in [-0.15, -0.1) is 10.2 Å². The van der Waals surface area contributed by atoms with E-state index in [4.69, 9.17) is 5.73 Å². The smallest absolute Gasteiger partial charge is 0.291 e. The third-order valence-electron chi connectivity index (χ3n) is 2.17. The summed E-state index contributed by atoms with van der Waals surface area (Å²) in [5.74, 6) is -1.14. The molecular weight excluding hydrogens is 321 g/mol. The number of amides is 1. The van der Waals surface area contributed by atoms with Crippen molar-refractivity contribution in [2.45, 2.75) is 11.3 Å². The van der Waals surface area contributed by atoms with Gasteiger partial charge in [-0.2, -0.15) is 8.42 Å². The number of nitrogen functional groups attached to an aromatic ring is 1. The minimum Gasteiger partial charge on any atom is -0.396 e. The van der Waals surface area contributed by atoms with Gasteiger partial charge in [-0.05, 0) is 12.1 Å². The number of nitrogens with one attached hydrogen (secondary N) is 2. The summed E-state index contributed by atoms with van der Waals surface area (Å²) < 4.78 is 39.1. The topological polar surface area (TPSA) is 127 Å². The second-order valence-corrected chi connectivity index (χ2v) is 6.73. The first-order valence-electron chi connectivity index (χ1n) is 5.47. The minimum atomic E-state index is -4.02. The van der Waals surface area contributed by atoms with Gasteiger partial charge in [-0.25, -0.2) is 4.39 Å². The molecule has 1 heterocycles. The molecule has 4 N–H and O–H groups in total. The average molecular weight is 331 g/mol. The van der Waals surface area contributed by atoms with Crippen molar-refractivity contribution in [3.63, 3.8) is 0 Å². The largest absolute Gasteiger partial charge is 0.396 e. The van der Waals surface area contributed by atoms with Gasteiger partial charge in [0.25, 0.3) is 14.4 Å². The third-order valence-corrected chi connectivity index (χ3v) is 4.76. The fourth-order valence-electron chi connectivity index (χ4n) is 1.31. The molecular formula is C10H10FN5O3S2. The number of hydrogen-bond acceptors (Lipinski definition) is 7. The summed E-state index contributed by atoms with van der Waals surface area (Å²) in [6.45, 7) is 1.25. The number of carbonyl (C=O) groups excluding carboxylic acids is 1. The highest BCUT2D eigenvalue weighted by Crippen LogP contribution is 2.23. The lowest BCUT2D eigenvalue weighted by molar-refractivity contribution is -0.114. The summed E-state index contributed by atoms with van der Waals surface area (Å²) in [6, 6.07) is 3.49. The van der Waals surface area contributed by atoms with Crippen molar-refractivity contribution in [2.24, 2.45) is 0 Å². The summed E-state index contributed by atoms with van der Waals surface area (Å²) in [6.07, 6.45) is 0. The summed E-state index contributed by atoms with van der Waals surface area (Å²) >= 11 is 0.672. The Labute approximate surface area is 123 Å². The summed E-state index contributed by atoms with van der Waals surface area (Å²) in [5, 5.41) is 9.34. The van der Waals surface area contributed by atoms with Crippen molar-refractivity contribution >= 4 is 43.8 Å². The van der Waals surface area contributed by atoms with Crippen LogP contribution in [-0.4, -0.2) is 24.5 Å². The number of anilines is 3. The molecule has 0 aliphatic carbocycles. The van der Waals surface area contributed by atoms with Gasteiger partial charge in [0.1, 0.15) is 5.82 Å². The molecule has 2 aromatic rings. The standard InChI is InChI=1S/C10H10FN5O3S2/c1-5(17)13-9-14-15-10(20-9)21(18,19)16-6-2-3-8(12)7(11)4-6/h2-4,16H,12H2,1H3,(H,13,14,17). The zero-order chi connectivity index (χ0) is 15.6. The van der Waals surface area contributed by atoms with Gasteiger partial charge < -0.3 is 11.1 Å². The molecule has 1 aromatic carbocycles. The number of nitrogens with zero attached hydrogens (tertiary/aromatic N) is 2. The van der Waals surface area contributed by atoms with E-state index in [1.165, 1.54) is 19.1 Å². The van der Waals surface area contributed by atoms with E-state index >= 15 is 0 Å². The van der Waals surface area contributed by atoms with Gasteiger partial charge >= 0.3 is 0 Å². The molecule has 0 fully saturated rings. The van der Waals surface area contributed by atoms with Crippen LogP contribution in [0.2, 0.25) is 0 Å². The first kappa shape index (κ1) is 15.1. The van der Waals surface area contributed by atoms with Gasteiger partial charge in [0, 0.05) is 13.0 Å². The van der Waals surface area contributed by atoms with Crippen LogP contribution in [0.25, 0.3) is 0 Å². The molecule has 0 saturated heterocycles. The number of nitrogens with two attached hydrogens (primary N) is 1. The normalized spacial score (nSPS) is 11.1. The van der Waals surface area contributed by atoms with E-state index in [0.717, 1.165) is 6.07 Å². The molecule has 0 atom stereocenters. The number of aromatic nitrogens is 2. The van der Waals surface area contributed by atoms with E-state index in [9.17, 15) is 17.6 Å². The summed E-state index contributed by atoms with van der Waals surface area (Å²) in [4.78, 5) is 10.8. The zero-order valence-electron chi connectivity index (χ0n) is 10.6. The maximum absolute atomic E-state index is 13.3. The number of sulfonamides is 1. The lowest BCUT2D eigenvalue weighted by atomic mass is 10.3. The van der Waals surface area contributed by atoms with Crippen LogP contribution < -0.4 is 15.8 Å². The molecule has 0 spiro atoms. The second-order valence-electron chi connectivity index (χ2n) is 3.90. The first-order chi connectivity index (χ1) is 9.78. The van der Waals surface area contributed by atoms with E-state index in [1.54, 1.807) is 0 Å². The molecule has 0 aliphatic rings. The molecule has 0 radical (unpaired) electrons. The van der Waals surface area contributed by atoms with Crippen LogP contribution in [0.15, 0.2) is 22.5 Å². The molecule has 0 bridgehead atoms. The maximum atomic E-state index is 13.3. The molecule has 1 aromatic heterocycles. The number of carbonyl (C=O) groups is 1. The maximum Gasteiger partial charge on any atom is 0.291 e. The number of halogens is 1. The molecule has 1 amide bonds. The highest BCUT2D eigenvalue weighted by Gasteiger charge is 2.21. The van der Waals surface area contributed by atoms with Gasteiger partial charge in [0.15, 0.2) is 0 Å². The fourth-order valence-corrected chi connectivity index (χ4v) is 3.31. The van der Waals surface area contributed by atoms with Crippen molar-refractivity contribution in [3.05, 3.63) is 24.0 Å². The van der Waals surface area contributed by atoms with Crippen molar-refractivity contribution < 1.29 is 17.6 Å². The van der Waals surface area contributed by atoms with Gasteiger partial charge in [0.2, 0.25) is 11.0 Å². The minimum absolute atomic E-state index is 0.00187. The summed E-state index contributed by atoms with van der Waals surface area (Å²) in [5.41, 5.74) is 5.20. The van der Waals surface area contributed by atoms with E-state index in [1.807, 2.05) is 0 Å². The van der Waals surface area contributed by atoms with Crippen molar-refractivity contribution in [3.8, 4) is 0 Å². The molecule has 8 nitrogen and oxygen atoms in total. The lowest BCUT2D eigenvalue weighted by Crippen LogP contribution is -2.13. The van der Waals surface area contributed by atoms with E-state index in [0.29, 0.717) is 11.3 Å². The van der Waals surface area contributed by atoms with Crippen LogP contribution in [0.5, 0.6) is 0 Å². The Kier molecular flexibility index (Phi) is 4.04. The van der Waals surface area contributed by atoms with E-state index < -0.39 is 21.7 Å². The molecule has 0 aliphatic heterocycles. The molecule has 2 rings (SSSR count). The first-order valence-corrected chi connectivity index (χ1v) is 7.77. The Hall–Kier alpha value is -2.27. The highest BCUT2D eigenvalue weighted by atomic mass is 32.2. The third kappa shape index (κ3) is 3.64. The molecule has 0 saturated carbocycles. The predicted molar refractivity (Wildman–Crippen MR) is 75.8 cm³/mol. The Morgan fingerprint density at radius 1 is 1.38 bits per heavy atom. The predicted octanol–water partition coefficient (Wildman–Crippen LogP) is 1.02. The highest BCUT2D eigenvalue weighted by molar-refractivity contribution is 7.94. The summed E-state index contributed by atoms with van der Waals surface area (Å²) in [7, 11) is -4.02. The van der Waals surface area contributed by atoms with E-state index in [2.05, 4.69) is 20.2 Å². The van der Waals surface area contributed by atoms with Gasteiger partial charge in [0.05, 0.1) is 11.4 Å². The number of benzene rings is 1. The van der Waals surface area contributed by atoms with Gasteiger partial charge in [-0.1, -0.05) is 11.3 Å². The lowest BCUT2D eigenvalue weighted by Gasteiger charge is -2.05. The molecule has 11 heteroatoms. The van der Waals surface area contributed by atoms with Crippen LogP contribution in [0.3, 0.4) is 0 Å². The molecule has 112 valence electrons. The molecule has 0 unspecified atom stereocenters. The number of rotatable bonds is 4. The van der Waals surface area contributed by atoms with Crippen LogP contribution in [0.4, 0.5) is 20.9 Å². The molecule has 21 heavy (non-hydrogen) atoms. The quantitative estimate of drug-likeness (QED) is 0.567. The second kappa shape index (κ2) is 5.61. The average Bonchev–Trinajstić information content (AvgIpc) is 2.82. The van der Waals surface area contributed by atoms with Crippen LogP contribution in [0, 0.1) is 5.82 Å². The Morgan fingerprint density at radius 2 is 2.10 bits per heavy atom. The Morgan fingerprint density at radius 3 is 2.71 bits per heavy atom.